The fraction of sp³-hybridized carbons (Fsp3) is 0.400. The first-order valence-electron chi connectivity index (χ1n) is 4.26. The summed E-state index contributed by atoms with van der Waals surface area (Å²) in [5.41, 5.74) is 0.491. The lowest BCUT2D eigenvalue weighted by Crippen LogP contribution is -2.17. The van der Waals surface area contributed by atoms with Gasteiger partial charge < -0.3 is 4.57 Å². The Hall–Kier alpha value is -1.56. The highest BCUT2D eigenvalue weighted by Gasteiger charge is 2.45. The van der Waals surface area contributed by atoms with Crippen molar-refractivity contribution < 1.29 is 0 Å². The van der Waals surface area contributed by atoms with E-state index in [2.05, 4.69) is 6.07 Å². The van der Waals surface area contributed by atoms with E-state index in [1.165, 1.54) is 4.57 Å². The van der Waals surface area contributed by atoms with Crippen LogP contribution in [0.2, 0.25) is 0 Å². The van der Waals surface area contributed by atoms with Crippen molar-refractivity contribution >= 4 is 0 Å². The van der Waals surface area contributed by atoms with Crippen LogP contribution in [0.3, 0.4) is 0 Å². The van der Waals surface area contributed by atoms with E-state index in [-0.39, 0.29) is 11.0 Å². The lowest BCUT2D eigenvalue weighted by Gasteiger charge is -2.05. The Labute approximate surface area is 76.2 Å². The molecule has 0 bridgehead atoms. The van der Waals surface area contributed by atoms with Crippen LogP contribution >= 0.6 is 0 Å². The van der Waals surface area contributed by atoms with Gasteiger partial charge >= 0.3 is 0 Å². The minimum absolute atomic E-state index is 0.0426. The van der Waals surface area contributed by atoms with Crippen molar-refractivity contribution in [3.8, 4) is 6.07 Å². The molecule has 0 amide bonds. The van der Waals surface area contributed by atoms with Gasteiger partial charge in [-0.15, -0.1) is 0 Å². The van der Waals surface area contributed by atoms with Crippen molar-refractivity contribution in [3.63, 3.8) is 0 Å². The maximum atomic E-state index is 11.3. The van der Waals surface area contributed by atoms with Crippen molar-refractivity contribution in [2.24, 2.45) is 7.05 Å². The number of hydrogen-bond acceptors (Lipinski definition) is 2. The minimum atomic E-state index is -0.340. The van der Waals surface area contributed by atoms with Crippen molar-refractivity contribution in [1.82, 2.24) is 4.57 Å². The van der Waals surface area contributed by atoms with Crippen LogP contribution in [-0.2, 0) is 12.5 Å². The zero-order chi connectivity index (χ0) is 9.47. The Morgan fingerprint density at radius 2 is 2.31 bits per heavy atom. The van der Waals surface area contributed by atoms with Gasteiger partial charge in [0.05, 0.1) is 11.5 Å². The number of aromatic nitrogens is 1. The zero-order valence-electron chi connectivity index (χ0n) is 7.45. The number of pyridine rings is 1. The van der Waals surface area contributed by atoms with Crippen LogP contribution in [-0.4, -0.2) is 4.57 Å². The fourth-order valence-corrected chi connectivity index (χ4v) is 1.44. The average molecular weight is 174 g/mol. The predicted molar refractivity (Wildman–Crippen MR) is 48.2 cm³/mol. The molecule has 0 aromatic carbocycles. The van der Waals surface area contributed by atoms with Crippen LogP contribution in [0, 0.1) is 11.3 Å². The van der Waals surface area contributed by atoms with Gasteiger partial charge in [-0.1, -0.05) is 0 Å². The highest BCUT2D eigenvalue weighted by atomic mass is 16.1. The molecule has 1 fully saturated rings. The van der Waals surface area contributed by atoms with E-state index in [4.69, 9.17) is 5.26 Å². The van der Waals surface area contributed by atoms with Crippen molar-refractivity contribution in [3.05, 3.63) is 34.2 Å². The molecule has 3 nitrogen and oxygen atoms in total. The van der Waals surface area contributed by atoms with Gasteiger partial charge in [-0.25, -0.2) is 0 Å². The van der Waals surface area contributed by atoms with E-state index >= 15 is 0 Å². The molecule has 1 heterocycles. The largest absolute Gasteiger partial charge is 0.319 e. The van der Waals surface area contributed by atoms with Crippen LogP contribution < -0.4 is 5.56 Å². The molecule has 13 heavy (non-hydrogen) atoms. The predicted octanol–water partition coefficient (Wildman–Crippen LogP) is 0.940. The monoisotopic (exact) mass is 174 g/mol. The van der Waals surface area contributed by atoms with Crippen molar-refractivity contribution in [1.29, 1.82) is 5.26 Å². The summed E-state index contributed by atoms with van der Waals surface area (Å²) in [7, 11) is 1.71. The van der Waals surface area contributed by atoms with Gasteiger partial charge in [0, 0.05) is 19.3 Å². The number of nitriles is 1. The summed E-state index contributed by atoms with van der Waals surface area (Å²) in [6.07, 6.45) is 3.49. The van der Waals surface area contributed by atoms with Gasteiger partial charge in [0.2, 0.25) is 0 Å². The SMILES string of the molecule is Cn1ccc(C2(C#N)CC2)cc1=O. The molecule has 0 radical (unpaired) electrons. The summed E-state index contributed by atoms with van der Waals surface area (Å²) in [5.74, 6) is 0. The molecular weight excluding hydrogens is 164 g/mol. The molecule has 1 aliphatic carbocycles. The second kappa shape index (κ2) is 2.46. The molecule has 0 aliphatic heterocycles. The second-order valence-electron chi connectivity index (χ2n) is 3.56. The molecule has 3 heteroatoms. The lowest BCUT2D eigenvalue weighted by molar-refractivity contribution is 0.825. The topological polar surface area (TPSA) is 45.8 Å². The summed E-state index contributed by atoms with van der Waals surface area (Å²) in [4.78, 5) is 11.3. The first kappa shape index (κ1) is 8.06. The molecule has 1 aliphatic rings. The minimum Gasteiger partial charge on any atom is -0.319 e. The van der Waals surface area contributed by atoms with Crippen molar-refractivity contribution in [2.75, 3.05) is 0 Å². The third-order valence-corrected chi connectivity index (χ3v) is 2.62. The summed E-state index contributed by atoms with van der Waals surface area (Å²) >= 11 is 0. The molecule has 0 saturated heterocycles. The maximum Gasteiger partial charge on any atom is 0.250 e. The van der Waals surface area contributed by atoms with E-state index in [9.17, 15) is 4.79 Å². The molecule has 66 valence electrons. The summed E-state index contributed by atoms with van der Waals surface area (Å²) in [6, 6.07) is 5.69. The number of rotatable bonds is 1. The Balaban J connectivity index is 2.50. The van der Waals surface area contributed by atoms with Crippen molar-refractivity contribution in [2.45, 2.75) is 18.3 Å². The van der Waals surface area contributed by atoms with Crippen LogP contribution in [0.25, 0.3) is 0 Å². The highest BCUT2D eigenvalue weighted by Crippen LogP contribution is 2.46. The summed E-state index contributed by atoms with van der Waals surface area (Å²) in [5, 5.41) is 8.91. The van der Waals surface area contributed by atoms with Crippen LogP contribution in [0.4, 0.5) is 0 Å². The summed E-state index contributed by atoms with van der Waals surface area (Å²) < 4.78 is 1.51. The van der Waals surface area contributed by atoms with Gasteiger partial charge in [-0.3, -0.25) is 4.79 Å². The normalized spacial score (nSPS) is 17.8. The number of nitrogens with zero attached hydrogens (tertiary/aromatic N) is 2. The highest BCUT2D eigenvalue weighted by molar-refractivity contribution is 5.37. The van der Waals surface area contributed by atoms with Gasteiger partial charge in [0.15, 0.2) is 0 Å². The molecular formula is C10H10N2O. The van der Waals surface area contributed by atoms with E-state index in [0.717, 1.165) is 18.4 Å². The third kappa shape index (κ3) is 1.15. The van der Waals surface area contributed by atoms with Gasteiger partial charge in [-0.2, -0.15) is 5.26 Å². The smallest absolute Gasteiger partial charge is 0.250 e. The standard InChI is InChI=1S/C10H10N2O/c1-12-5-2-8(6-9(12)13)10(7-11)3-4-10/h2,5-6H,3-4H2,1H3. The third-order valence-electron chi connectivity index (χ3n) is 2.62. The lowest BCUT2D eigenvalue weighted by atomic mass is 9.99. The van der Waals surface area contributed by atoms with Crippen LogP contribution in [0.5, 0.6) is 0 Å². The van der Waals surface area contributed by atoms with Gasteiger partial charge in [-0.05, 0) is 24.5 Å². The Bertz CT molecular complexity index is 435. The second-order valence-corrected chi connectivity index (χ2v) is 3.56. The van der Waals surface area contributed by atoms with Gasteiger partial charge in [0.25, 0.3) is 5.56 Å². The number of hydrogen-bond donors (Lipinski definition) is 0. The first-order valence-corrected chi connectivity index (χ1v) is 4.26. The first-order chi connectivity index (χ1) is 6.18. The molecule has 1 aromatic rings. The molecule has 1 saturated carbocycles. The average Bonchev–Trinajstić information content (AvgIpc) is 2.90. The Kier molecular flexibility index (Phi) is 1.53. The molecule has 0 N–H and O–H groups in total. The number of aryl methyl sites for hydroxylation is 1. The van der Waals surface area contributed by atoms with E-state index < -0.39 is 0 Å². The maximum absolute atomic E-state index is 11.3. The van der Waals surface area contributed by atoms with E-state index in [0.29, 0.717) is 0 Å². The molecule has 0 spiro atoms. The summed E-state index contributed by atoms with van der Waals surface area (Å²) in [6.45, 7) is 0. The van der Waals surface area contributed by atoms with Crippen LogP contribution in [0.15, 0.2) is 23.1 Å². The molecule has 0 atom stereocenters. The van der Waals surface area contributed by atoms with Crippen LogP contribution in [0.1, 0.15) is 18.4 Å². The van der Waals surface area contributed by atoms with E-state index in [1.807, 2.05) is 6.07 Å². The Morgan fingerprint density at radius 3 is 2.77 bits per heavy atom. The molecule has 2 rings (SSSR count). The Morgan fingerprint density at radius 1 is 1.62 bits per heavy atom. The zero-order valence-corrected chi connectivity index (χ0v) is 7.45. The molecule has 1 aromatic heterocycles. The quantitative estimate of drug-likeness (QED) is 0.636. The van der Waals surface area contributed by atoms with E-state index in [1.54, 1.807) is 19.3 Å². The fourth-order valence-electron chi connectivity index (χ4n) is 1.44. The van der Waals surface area contributed by atoms with Gasteiger partial charge in [0.1, 0.15) is 0 Å². The molecule has 0 unspecified atom stereocenters.